The van der Waals surface area contributed by atoms with E-state index in [-0.39, 0.29) is 4.87 Å². The van der Waals surface area contributed by atoms with Crippen molar-refractivity contribution >= 4 is 21.4 Å². The summed E-state index contributed by atoms with van der Waals surface area (Å²) in [6.07, 6.45) is 0.880. The molecule has 1 atom stereocenters. The molecule has 0 spiro atoms. The fraction of sp³-hybridized carbons (Fsp3) is 1.00. The fourth-order valence-corrected chi connectivity index (χ4v) is 3.67. The van der Waals surface area contributed by atoms with Gasteiger partial charge < -0.3 is 18.4 Å². The minimum atomic E-state index is -2.46. The van der Waals surface area contributed by atoms with Crippen LogP contribution in [0.2, 0.25) is 0 Å². The molecule has 0 amide bonds. The number of aliphatic hydroxyl groups is 1. The first-order chi connectivity index (χ1) is 6.16. The van der Waals surface area contributed by atoms with E-state index in [4.69, 9.17) is 18.4 Å². The SMILES string of the molecule is CCC(S)[Si](OC)(OC)OC.CO. The molecule has 13 heavy (non-hydrogen) atoms. The minimum Gasteiger partial charge on any atom is -0.400 e. The van der Waals surface area contributed by atoms with Gasteiger partial charge in [0.25, 0.3) is 0 Å². The Balaban J connectivity index is 0. The molecule has 6 heteroatoms. The van der Waals surface area contributed by atoms with Crippen molar-refractivity contribution in [3.05, 3.63) is 0 Å². The quantitative estimate of drug-likeness (QED) is 0.538. The van der Waals surface area contributed by atoms with Crippen LogP contribution in [0.3, 0.4) is 0 Å². The maximum atomic E-state index is 7.00. The van der Waals surface area contributed by atoms with E-state index in [9.17, 15) is 0 Å². The molecule has 0 aliphatic carbocycles. The lowest BCUT2D eigenvalue weighted by Gasteiger charge is -2.28. The molecule has 0 bridgehead atoms. The molecule has 0 rings (SSSR count). The molecule has 0 radical (unpaired) electrons. The second-order valence-electron chi connectivity index (χ2n) is 2.14. The van der Waals surface area contributed by atoms with E-state index in [2.05, 4.69) is 12.6 Å². The van der Waals surface area contributed by atoms with Gasteiger partial charge in [-0.3, -0.25) is 0 Å². The Morgan fingerprint density at radius 3 is 1.54 bits per heavy atom. The van der Waals surface area contributed by atoms with Crippen LogP contribution in [0.25, 0.3) is 0 Å². The molecule has 0 aromatic carbocycles. The summed E-state index contributed by atoms with van der Waals surface area (Å²) in [6, 6.07) is 0. The zero-order valence-corrected chi connectivity index (χ0v) is 10.8. The third-order valence-electron chi connectivity index (χ3n) is 1.65. The van der Waals surface area contributed by atoms with Crippen LogP contribution in [-0.2, 0) is 13.3 Å². The minimum absolute atomic E-state index is 0.0579. The van der Waals surface area contributed by atoms with Crippen molar-refractivity contribution < 1.29 is 18.4 Å². The maximum Gasteiger partial charge on any atom is 0.513 e. The summed E-state index contributed by atoms with van der Waals surface area (Å²) in [5.74, 6) is 0. The zero-order chi connectivity index (χ0) is 10.9. The molecule has 1 unspecified atom stereocenters. The lowest BCUT2D eigenvalue weighted by atomic mass is 10.6. The fourth-order valence-electron chi connectivity index (χ4n) is 0.908. The smallest absolute Gasteiger partial charge is 0.400 e. The third-order valence-corrected chi connectivity index (χ3v) is 5.89. The summed E-state index contributed by atoms with van der Waals surface area (Å²) < 4.78 is 15.6. The van der Waals surface area contributed by atoms with Gasteiger partial charge in [-0.2, -0.15) is 12.6 Å². The Morgan fingerprint density at radius 2 is 1.46 bits per heavy atom. The number of thiol groups is 1. The van der Waals surface area contributed by atoms with Crippen LogP contribution in [-0.4, -0.2) is 47.2 Å². The zero-order valence-electron chi connectivity index (χ0n) is 8.90. The van der Waals surface area contributed by atoms with Crippen molar-refractivity contribution in [2.75, 3.05) is 28.4 Å². The molecule has 0 aliphatic rings. The second-order valence-corrected chi connectivity index (χ2v) is 6.38. The molecule has 0 aromatic rings. The molecular weight excluding hydrogens is 208 g/mol. The van der Waals surface area contributed by atoms with Crippen LogP contribution in [0.15, 0.2) is 0 Å². The highest BCUT2D eigenvalue weighted by Gasteiger charge is 2.44. The molecular formula is C7H20O4SSi. The van der Waals surface area contributed by atoms with E-state index in [1.807, 2.05) is 6.92 Å². The van der Waals surface area contributed by atoms with Crippen LogP contribution < -0.4 is 0 Å². The van der Waals surface area contributed by atoms with E-state index < -0.39 is 8.80 Å². The molecule has 0 heterocycles. The first-order valence-electron chi connectivity index (χ1n) is 3.95. The predicted molar refractivity (Wildman–Crippen MR) is 58.0 cm³/mol. The first-order valence-corrected chi connectivity index (χ1v) is 6.27. The van der Waals surface area contributed by atoms with Gasteiger partial charge in [0.05, 0.1) is 4.87 Å². The van der Waals surface area contributed by atoms with Crippen molar-refractivity contribution in [3.63, 3.8) is 0 Å². The highest BCUT2D eigenvalue weighted by molar-refractivity contribution is 7.83. The van der Waals surface area contributed by atoms with Crippen LogP contribution >= 0.6 is 12.6 Å². The Morgan fingerprint density at radius 1 is 1.15 bits per heavy atom. The average molecular weight is 228 g/mol. The monoisotopic (exact) mass is 228 g/mol. The van der Waals surface area contributed by atoms with Gasteiger partial charge in [-0.1, -0.05) is 6.92 Å². The Bertz CT molecular complexity index is 102. The number of aliphatic hydroxyl groups excluding tert-OH is 1. The summed E-state index contributed by atoms with van der Waals surface area (Å²) in [5, 5.41) is 7.00. The van der Waals surface area contributed by atoms with Crippen LogP contribution in [0.5, 0.6) is 0 Å². The summed E-state index contributed by atoms with van der Waals surface area (Å²) in [4.78, 5) is 0.0579. The van der Waals surface area contributed by atoms with Gasteiger partial charge in [-0.05, 0) is 6.42 Å². The molecule has 0 aromatic heterocycles. The van der Waals surface area contributed by atoms with Gasteiger partial charge >= 0.3 is 8.80 Å². The van der Waals surface area contributed by atoms with Crippen molar-refractivity contribution in [2.24, 2.45) is 0 Å². The van der Waals surface area contributed by atoms with Crippen LogP contribution in [0, 0.1) is 0 Å². The van der Waals surface area contributed by atoms with E-state index in [0.29, 0.717) is 0 Å². The number of hydrogen-bond acceptors (Lipinski definition) is 5. The molecule has 0 saturated carbocycles. The predicted octanol–water partition coefficient (Wildman–Crippen LogP) is 0.721. The van der Waals surface area contributed by atoms with Gasteiger partial charge in [-0.15, -0.1) is 0 Å². The topological polar surface area (TPSA) is 47.9 Å². The van der Waals surface area contributed by atoms with Crippen LogP contribution in [0.4, 0.5) is 0 Å². The maximum absolute atomic E-state index is 7.00. The van der Waals surface area contributed by atoms with E-state index in [1.165, 1.54) is 0 Å². The van der Waals surface area contributed by atoms with Crippen molar-refractivity contribution in [2.45, 2.75) is 18.2 Å². The normalized spacial score (nSPS) is 13.2. The largest absolute Gasteiger partial charge is 0.513 e. The standard InChI is InChI=1S/C6H16O3SSi.CH4O/c1-5-6(10)11(7-2,8-3)9-4;1-2/h6,10H,5H2,1-4H3;2H,1H3. The van der Waals surface area contributed by atoms with Gasteiger partial charge in [0.2, 0.25) is 0 Å². The summed E-state index contributed by atoms with van der Waals surface area (Å²) in [6.45, 7) is 2.02. The Kier molecular flexibility index (Phi) is 11.0. The molecule has 0 fully saturated rings. The number of hydrogen-bond donors (Lipinski definition) is 2. The highest BCUT2D eigenvalue weighted by atomic mass is 32.1. The lowest BCUT2D eigenvalue weighted by Crippen LogP contribution is -2.51. The van der Waals surface area contributed by atoms with Gasteiger partial charge in [0, 0.05) is 28.4 Å². The van der Waals surface area contributed by atoms with Gasteiger partial charge in [-0.25, -0.2) is 0 Å². The second kappa shape index (κ2) is 8.98. The van der Waals surface area contributed by atoms with Crippen molar-refractivity contribution in [1.82, 2.24) is 0 Å². The van der Waals surface area contributed by atoms with E-state index in [0.717, 1.165) is 13.5 Å². The number of rotatable bonds is 5. The Labute approximate surface area is 87.0 Å². The van der Waals surface area contributed by atoms with Crippen LogP contribution in [0.1, 0.15) is 13.3 Å². The molecule has 0 aliphatic heterocycles. The summed E-state index contributed by atoms with van der Waals surface area (Å²) >= 11 is 4.34. The van der Waals surface area contributed by atoms with Gasteiger partial charge in [0.1, 0.15) is 0 Å². The highest BCUT2D eigenvalue weighted by Crippen LogP contribution is 2.19. The molecule has 4 nitrogen and oxygen atoms in total. The molecule has 82 valence electrons. The molecule has 0 saturated heterocycles. The summed E-state index contributed by atoms with van der Waals surface area (Å²) in [5.41, 5.74) is 0. The Hall–Kier alpha value is 0.407. The van der Waals surface area contributed by atoms with Crippen molar-refractivity contribution in [1.29, 1.82) is 0 Å². The van der Waals surface area contributed by atoms with E-state index in [1.54, 1.807) is 21.3 Å². The lowest BCUT2D eigenvalue weighted by molar-refractivity contribution is 0.121. The van der Waals surface area contributed by atoms with E-state index >= 15 is 0 Å². The average Bonchev–Trinajstić information content (AvgIpc) is 2.24. The van der Waals surface area contributed by atoms with Crippen molar-refractivity contribution in [3.8, 4) is 0 Å². The van der Waals surface area contributed by atoms with Gasteiger partial charge in [0.15, 0.2) is 0 Å². The molecule has 1 N–H and O–H groups in total. The third kappa shape index (κ3) is 4.43. The first kappa shape index (κ1) is 15.9. The summed E-state index contributed by atoms with van der Waals surface area (Å²) in [7, 11) is 3.33.